The lowest BCUT2D eigenvalue weighted by molar-refractivity contribution is -0.115. The molecule has 164 valence electrons. The molecule has 6 heteroatoms. The number of rotatable bonds is 4. The molecule has 0 atom stereocenters. The highest BCUT2D eigenvalue weighted by Crippen LogP contribution is 2.27. The number of aryl methyl sites for hydroxylation is 2. The maximum atomic E-state index is 12.9. The average molecular weight is 448 g/mol. The number of amides is 3. The number of nitrogens with zero attached hydrogens (tertiary/aromatic N) is 1. The number of hydrogen-bond donors (Lipinski definition) is 2. The van der Waals surface area contributed by atoms with Gasteiger partial charge in [-0.15, -0.1) is 0 Å². The van der Waals surface area contributed by atoms with Gasteiger partial charge in [0, 0.05) is 28.6 Å². The molecule has 0 spiro atoms. The van der Waals surface area contributed by atoms with Crippen LogP contribution >= 0.6 is 11.6 Å². The van der Waals surface area contributed by atoms with Crippen molar-refractivity contribution in [3.8, 4) is 0 Å². The fourth-order valence-corrected chi connectivity index (χ4v) is 4.04. The molecule has 0 fully saturated rings. The molecule has 0 saturated carbocycles. The molecule has 2 N–H and O–H groups in total. The molecule has 0 aromatic heterocycles. The number of urea groups is 1. The SMILES string of the molecule is Cc1ccc(NC(=O)Cc2ccc(NC(=O)N3CCCCc4ccccc43)cc2)cc1Cl. The molecule has 1 aliphatic heterocycles. The molecule has 5 nitrogen and oxygen atoms in total. The molecule has 0 radical (unpaired) electrons. The van der Waals surface area contributed by atoms with E-state index in [1.54, 1.807) is 6.07 Å². The van der Waals surface area contributed by atoms with Crippen molar-refractivity contribution in [2.75, 3.05) is 22.1 Å². The van der Waals surface area contributed by atoms with Gasteiger partial charge in [0.15, 0.2) is 0 Å². The zero-order valence-corrected chi connectivity index (χ0v) is 18.8. The Morgan fingerprint density at radius 2 is 1.69 bits per heavy atom. The van der Waals surface area contributed by atoms with Gasteiger partial charge in [-0.3, -0.25) is 9.69 Å². The quantitative estimate of drug-likeness (QED) is 0.499. The molecule has 3 amide bonds. The molecule has 32 heavy (non-hydrogen) atoms. The lowest BCUT2D eigenvalue weighted by Gasteiger charge is -2.23. The molecular weight excluding hydrogens is 422 g/mol. The first-order valence-electron chi connectivity index (χ1n) is 10.8. The van der Waals surface area contributed by atoms with Crippen LogP contribution in [0.4, 0.5) is 21.9 Å². The normalized spacial score (nSPS) is 13.1. The molecular formula is C26H26ClN3O2. The van der Waals surface area contributed by atoms with Gasteiger partial charge in [0.05, 0.1) is 6.42 Å². The van der Waals surface area contributed by atoms with E-state index in [9.17, 15) is 9.59 Å². The minimum absolute atomic E-state index is 0.122. The van der Waals surface area contributed by atoms with Crippen LogP contribution in [0, 0.1) is 6.92 Å². The van der Waals surface area contributed by atoms with Crippen molar-refractivity contribution in [3.63, 3.8) is 0 Å². The molecule has 4 rings (SSSR count). The van der Waals surface area contributed by atoms with Gasteiger partial charge in [-0.1, -0.05) is 48.0 Å². The monoisotopic (exact) mass is 447 g/mol. The Bertz CT molecular complexity index is 1130. The van der Waals surface area contributed by atoms with Crippen molar-refractivity contribution in [1.82, 2.24) is 0 Å². The van der Waals surface area contributed by atoms with Crippen molar-refractivity contribution in [2.45, 2.75) is 32.6 Å². The van der Waals surface area contributed by atoms with Gasteiger partial charge in [-0.25, -0.2) is 4.79 Å². The third-order valence-corrected chi connectivity index (χ3v) is 6.04. The second-order valence-electron chi connectivity index (χ2n) is 8.05. The molecule has 3 aromatic carbocycles. The van der Waals surface area contributed by atoms with Crippen LogP contribution in [0.25, 0.3) is 0 Å². The first-order chi connectivity index (χ1) is 15.5. The minimum atomic E-state index is -0.138. The Kier molecular flexibility index (Phi) is 6.76. The van der Waals surface area contributed by atoms with E-state index < -0.39 is 0 Å². The van der Waals surface area contributed by atoms with E-state index in [-0.39, 0.29) is 18.4 Å². The second kappa shape index (κ2) is 9.88. The fourth-order valence-electron chi connectivity index (χ4n) is 3.86. The summed E-state index contributed by atoms with van der Waals surface area (Å²) < 4.78 is 0. The molecule has 0 bridgehead atoms. The lowest BCUT2D eigenvalue weighted by atomic mass is 10.1. The second-order valence-corrected chi connectivity index (χ2v) is 8.46. The molecule has 0 aliphatic carbocycles. The van der Waals surface area contributed by atoms with Gasteiger partial charge in [-0.05, 0) is 73.2 Å². The number of para-hydroxylation sites is 1. The minimum Gasteiger partial charge on any atom is -0.326 e. The van der Waals surface area contributed by atoms with Gasteiger partial charge < -0.3 is 10.6 Å². The van der Waals surface area contributed by atoms with Crippen LogP contribution in [0.1, 0.15) is 29.5 Å². The zero-order valence-electron chi connectivity index (χ0n) is 18.0. The highest BCUT2D eigenvalue weighted by molar-refractivity contribution is 6.31. The van der Waals surface area contributed by atoms with Crippen molar-refractivity contribution in [1.29, 1.82) is 0 Å². The maximum Gasteiger partial charge on any atom is 0.326 e. The third kappa shape index (κ3) is 5.29. The summed E-state index contributed by atoms with van der Waals surface area (Å²) in [4.78, 5) is 27.1. The van der Waals surface area contributed by atoms with Gasteiger partial charge in [0.1, 0.15) is 0 Å². The zero-order chi connectivity index (χ0) is 22.5. The van der Waals surface area contributed by atoms with Crippen LogP contribution in [0.15, 0.2) is 66.7 Å². The summed E-state index contributed by atoms with van der Waals surface area (Å²) in [5.74, 6) is -0.122. The van der Waals surface area contributed by atoms with Gasteiger partial charge >= 0.3 is 6.03 Å². The Morgan fingerprint density at radius 1 is 0.938 bits per heavy atom. The van der Waals surface area contributed by atoms with E-state index in [1.807, 2.05) is 66.4 Å². The van der Waals surface area contributed by atoms with Gasteiger partial charge in [-0.2, -0.15) is 0 Å². The summed E-state index contributed by atoms with van der Waals surface area (Å²) in [5, 5.41) is 6.47. The summed E-state index contributed by atoms with van der Waals surface area (Å²) in [6, 6.07) is 20.7. The molecule has 0 saturated heterocycles. The largest absolute Gasteiger partial charge is 0.326 e. The smallest absolute Gasteiger partial charge is 0.326 e. The van der Waals surface area contributed by atoms with Crippen LogP contribution in [0.3, 0.4) is 0 Å². The highest BCUT2D eigenvalue weighted by atomic mass is 35.5. The van der Waals surface area contributed by atoms with E-state index in [0.717, 1.165) is 36.1 Å². The number of carbonyl (C=O) groups excluding carboxylic acids is 2. The predicted molar refractivity (Wildman–Crippen MR) is 131 cm³/mol. The van der Waals surface area contributed by atoms with E-state index in [1.165, 1.54) is 5.56 Å². The number of fused-ring (bicyclic) bond motifs is 1. The molecule has 0 unspecified atom stereocenters. The van der Waals surface area contributed by atoms with Gasteiger partial charge in [0.2, 0.25) is 5.91 Å². The van der Waals surface area contributed by atoms with E-state index >= 15 is 0 Å². The summed E-state index contributed by atoms with van der Waals surface area (Å²) in [5.41, 5.74) is 5.38. The Hall–Kier alpha value is -3.31. The summed E-state index contributed by atoms with van der Waals surface area (Å²) >= 11 is 6.12. The predicted octanol–water partition coefficient (Wildman–Crippen LogP) is 6.20. The average Bonchev–Trinajstić information content (AvgIpc) is 3.00. The maximum absolute atomic E-state index is 12.9. The van der Waals surface area contributed by atoms with Crippen LogP contribution in [0.5, 0.6) is 0 Å². The summed E-state index contributed by atoms with van der Waals surface area (Å²) in [6.07, 6.45) is 3.28. The summed E-state index contributed by atoms with van der Waals surface area (Å²) in [6.45, 7) is 2.62. The topological polar surface area (TPSA) is 61.4 Å². The number of halogens is 1. The first-order valence-corrected chi connectivity index (χ1v) is 11.2. The van der Waals surface area contributed by atoms with Crippen molar-refractivity contribution < 1.29 is 9.59 Å². The summed E-state index contributed by atoms with van der Waals surface area (Å²) in [7, 11) is 0. The Morgan fingerprint density at radius 3 is 2.47 bits per heavy atom. The standard InChI is InChI=1S/C26H26ClN3O2/c1-18-9-12-22(17-23(18)27)28-25(31)16-19-10-13-21(14-11-19)29-26(32)30-15-5-4-7-20-6-2-3-8-24(20)30/h2-3,6,8-14,17H,4-5,7,15-16H2,1H3,(H,28,31)(H,29,32). The van der Waals surface area contributed by atoms with E-state index in [0.29, 0.717) is 22.9 Å². The molecule has 1 heterocycles. The van der Waals surface area contributed by atoms with Crippen molar-refractivity contribution >= 4 is 40.6 Å². The Labute approximate surface area is 193 Å². The van der Waals surface area contributed by atoms with Gasteiger partial charge in [0.25, 0.3) is 0 Å². The lowest BCUT2D eigenvalue weighted by Crippen LogP contribution is -2.35. The van der Waals surface area contributed by atoms with E-state index in [4.69, 9.17) is 11.6 Å². The van der Waals surface area contributed by atoms with Crippen molar-refractivity contribution in [2.24, 2.45) is 0 Å². The molecule has 3 aromatic rings. The first kappa shape index (κ1) is 21.9. The number of hydrogen-bond acceptors (Lipinski definition) is 2. The fraction of sp³-hybridized carbons (Fsp3) is 0.231. The Balaban J connectivity index is 1.37. The molecule has 1 aliphatic rings. The highest BCUT2D eigenvalue weighted by Gasteiger charge is 2.20. The van der Waals surface area contributed by atoms with Crippen LogP contribution in [0.2, 0.25) is 5.02 Å². The third-order valence-electron chi connectivity index (χ3n) is 5.63. The van der Waals surface area contributed by atoms with E-state index in [2.05, 4.69) is 16.7 Å². The number of nitrogens with one attached hydrogen (secondary N) is 2. The number of carbonyl (C=O) groups is 2. The van der Waals surface area contributed by atoms with Crippen LogP contribution in [-0.2, 0) is 17.6 Å². The number of benzene rings is 3. The van der Waals surface area contributed by atoms with Crippen LogP contribution in [-0.4, -0.2) is 18.5 Å². The van der Waals surface area contributed by atoms with Crippen molar-refractivity contribution in [3.05, 3.63) is 88.4 Å². The number of anilines is 3. The van der Waals surface area contributed by atoms with Crippen LogP contribution < -0.4 is 15.5 Å².